The normalized spacial score (nSPS) is 0. The molecule has 0 bridgehead atoms. The van der Waals surface area contributed by atoms with Gasteiger partial charge in [-0.3, -0.25) is 0 Å². The van der Waals surface area contributed by atoms with Gasteiger partial charge in [-0.05, 0) is 0 Å². The summed E-state index contributed by atoms with van der Waals surface area (Å²) in [5.74, 6) is 0. The Bertz CT molecular complexity index is 11.7. The zero-order chi connectivity index (χ0) is 0. The quantitative estimate of drug-likeness (QED) is 0.246. The minimum Gasteiger partial charge on any atom is -1.00 e. The van der Waals surface area contributed by atoms with Crippen molar-refractivity contribution >= 4 is 0 Å². The molecule has 0 amide bonds. The van der Waals surface area contributed by atoms with Crippen LogP contribution in [0.25, 0.3) is 0 Å². The van der Waals surface area contributed by atoms with E-state index in [1.165, 1.54) is 0 Å². The van der Waals surface area contributed by atoms with Crippen LogP contribution >= 0.6 is 0 Å². The van der Waals surface area contributed by atoms with Gasteiger partial charge in [-0.2, -0.15) is 0 Å². The third-order valence-corrected chi connectivity index (χ3v) is 0. The Morgan fingerprint density at radius 1 is 0.667 bits per heavy atom. The molecule has 0 atom stereocenters. The zero-order valence-corrected chi connectivity index (χ0v) is 7.70. The van der Waals surface area contributed by atoms with E-state index in [4.69, 9.17) is 0 Å². The predicted octanol–water partition coefficient (Wildman–Crippen LogP) is -14.9. The van der Waals surface area contributed by atoms with E-state index in [2.05, 4.69) is 0 Å². The topological polar surface area (TPSA) is 0 Å². The monoisotopic (exact) mass is 164 g/mol. The summed E-state index contributed by atoms with van der Waals surface area (Å²) in [5.41, 5.74) is 0. The second-order valence-electron chi connectivity index (χ2n) is 0. The first kappa shape index (κ1) is 94.1. The molecule has 34 valence electrons. The van der Waals surface area contributed by atoms with Gasteiger partial charge in [0.2, 0.25) is 0 Å². The summed E-state index contributed by atoms with van der Waals surface area (Å²) < 4.78 is 0. The third kappa shape index (κ3) is 36.4. The van der Waals surface area contributed by atoms with Crippen molar-refractivity contribution in [3.05, 3.63) is 0 Å². The molecule has 0 rings (SSSR count). The van der Waals surface area contributed by atoms with Crippen molar-refractivity contribution in [3.63, 3.8) is 0 Å². The van der Waals surface area contributed by atoms with Crippen molar-refractivity contribution in [2.75, 3.05) is 0 Å². The van der Waals surface area contributed by atoms with Gasteiger partial charge in [0.25, 0.3) is 0 Å². The molecule has 0 unspecified atom stereocenters. The minimum absolute atomic E-state index is 0. The van der Waals surface area contributed by atoms with E-state index in [-0.39, 0.29) is 93.3 Å². The van der Waals surface area contributed by atoms with Gasteiger partial charge in [0.1, 0.15) is 0 Å². The van der Waals surface area contributed by atoms with Crippen molar-refractivity contribution < 1.29 is 93.3 Å². The summed E-state index contributed by atoms with van der Waals surface area (Å²) in [5, 5.41) is 0. The van der Waals surface area contributed by atoms with E-state index < -0.39 is 0 Å². The van der Waals surface area contributed by atoms with Crippen molar-refractivity contribution in [1.29, 1.82) is 0 Å². The van der Waals surface area contributed by atoms with E-state index in [1.54, 1.807) is 0 Å². The van der Waals surface area contributed by atoms with Crippen LogP contribution in [0.3, 0.4) is 0 Å². The van der Waals surface area contributed by atoms with Crippen molar-refractivity contribution in [3.8, 4) is 0 Å². The van der Waals surface area contributed by atoms with Gasteiger partial charge in [-0.25, -0.2) is 0 Å². The second-order valence-corrected chi connectivity index (χ2v) is 0. The summed E-state index contributed by atoms with van der Waals surface area (Å²) >= 11 is 0. The largest absolute Gasteiger partial charge is 4.00 e. The average molecular weight is 164 g/mol. The Morgan fingerprint density at radius 3 is 0.667 bits per heavy atom. The average Bonchev–Trinajstić information content (AvgIpc) is 0. The Balaban J connectivity index is 0. The Hall–Kier alpha value is 2.07. The van der Waals surface area contributed by atoms with E-state index in [0.29, 0.717) is 0 Å². The van der Waals surface area contributed by atoms with Crippen molar-refractivity contribution in [2.45, 2.75) is 0 Å². The number of hydrogen-bond acceptors (Lipinski definition) is 0. The maximum absolute atomic E-state index is 0. The summed E-state index contributed by atoms with van der Waals surface area (Å²) in [6.07, 6.45) is 0. The van der Waals surface area contributed by atoms with E-state index in [0.717, 1.165) is 0 Å². The van der Waals surface area contributed by atoms with Gasteiger partial charge >= 0.3 is 73.1 Å². The minimum atomic E-state index is 0. The molecule has 0 aliphatic rings. The maximum atomic E-state index is 0. The zero-order valence-electron chi connectivity index (χ0n) is 4.01. The summed E-state index contributed by atoms with van der Waals surface area (Å²) in [7, 11) is 0. The Morgan fingerprint density at radius 2 is 0.667 bits per heavy atom. The molecule has 0 aromatic carbocycles. The van der Waals surface area contributed by atoms with Crippen LogP contribution in [0.5, 0.6) is 0 Å². The molecule has 0 nitrogen and oxygen atoms in total. The van der Waals surface area contributed by atoms with Crippen molar-refractivity contribution in [1.82, 2.24) is 0 Å². The van der Waals surface area contributed by atoms with Gasteiger partial charge in [0.05, 0.1) is 0 Å². The molecule has 0 aliphatic heterocycles. The predicted molar refractivity (Wildman–Crippen MR) is 1.11 cm³/mol. The molecule has 0 aromatic rings. The van der Waals surface area contributed by atoms with Gasteiger partial charge in [0.15, 0.2) is 0 Å². The van der Waals surface area contributed by atoms with Gasteiger partial charge in [-0.1, -0.05) is 0 Å². The fraction of sp³-hybridized carbons (Fsp3) is 0. The van der Waals surface area contributed by atoms with Crippen LogP contribution in [-0.2, 0) is 21.7 Å². The molecule has 6 heavy (non-hydrogen) atoms. The number of halogens is 4. The fourth-order valence-electron chi connectivity index (χ4n) is 0. The van der Waals surface area contributed by atoms with Crippen LogP contribution < -0.4 is 70.2 Å². The fourth-order valence-corrected chi connectivity index (χ4v) is 0. The molecule has 0 fully saturated rings. The molecule has 0 aliphatic carbocycles. The molecule has 0 radical (unpaired) electrons. The molecule has 0 aromatic heterocycles. The third-order valence-electron chi connectivity index (χ3n) is 0. The van der Waals surface area contributed by atoms with E-state index in [9.17, 15) is 0 Å². The first-order valence-electron chi connectivity index (χ1n) is 0. The van der Waals surface area contributed by atoms with Crippen LogP contribution in [0, 0.1) is 0 Å². The number of hydrogen-bond donors (Lipinski definition) is 0. The Labute approximate surface area is 91.7 Å². The molecule has 0 saturated heterocycles. The van der Waals surface area contributed by atoms with Crippen molar-refractivity contribution in [2.24, 2.45) is 0 Å². The number of rotatable bonds is 0. The molecule has 0 saturated carbocycles. The smallest absolute Gasteiger partial charge is 1.00 e. The molecular weight excluding hydrogens is 163 g/mol. The standard InChI is InChI=1S/4FH.K.Ti.H/h4*1H;;;/q;;;;+1;+4;-1/p-4. The van der Waals surface area contributed by atoms with Crippen LogP contribution in [0.15, 0.2) is 0 Å². The van der Waals surface area contributed by atoms with Crippen LogP contribution in [0.4, 0.5) is 0 Å². The molecule has 6 heteroatoms. The van der Waals surface area contributed by atoms with Crippen LogP contribution in [-0.4, -0.2) is 0 Å². The molecule has 0 heterocycles. The Kier molecular flexibility index (Phi) is 953. The maximum Gasteiger partial charge on any atom is 4.00 e. The molecule has 0 spiro atoms. The van der Waals surface area contributed by atoms with Crippen LogP contribution in [0.2, 0.25) is 0 Å². The second kappa shape index (κ2) is 60.8. The molecule has 0 N–H and O–H groups in total. The van der Waals surface area contributed by atoms with Crippen LogP contribution in [0.1, 0.15) is 1.43 Å². The SMILES string of the molecule is [F-].[F-].[F-].[F-].[H-].[K+].[Ti+4]. The van der Waals surface area contributed by atoms with Gasteiger partial charge in [-0.15, -0.1) is 0 Å². The van der Waals surface area contributed by atoms with Gasteiger partial charge < -0.3 is 20.2 Å². The summed E-state index contributed by atoms with van der Waals surface area (Å²) in [4.78, 5) is 0. The molecular formula is HF4KTi. The van der Waals surface area contributed by atoms with Gasteiger partial charge in [0, 0.05) is 0 Å². The summed E-state index contributed by atoms with van der Waals surface area (Å²) in [6, 6.07) is 0. The van der Waals surface area contributed by atoms with E-state index in [1.807, 2.05) is 0 Å². The first-order valence-corrected chi connectivity index (χ1v) is 0. The first-order chi connectivity index (χ1) is 0. The van der Waals surface area contributed by atoms with E-state index >= 15 is 0 Å². The summed E-state index contributed by atoms with van der Waals surface area (Å²) in [6.45, 7) is 0.